The van der Waals surface area contributed by atoms with Crippen molar-refractivity contribution in [2.45, 2.75) is 32.7 Å². The van der Waals surface area contributed by atoms with E-state index in [9.17, 15) is 4.79 Å². The first kappa shape index (κ1) is 10.0. The monoisotopic (exact) mass is 157 g/mol. The van der Waals surface area contributed by atoms with Gasteiger partial charge < -0.3 is 10.4 Å². The highest BCUT2D eigenvalue weighted by Gasteiger charge is 2.05. The fourth-order valence-corrected chi connectivity index (χ4v) is 0.534. The molecule has 0 saturated heterocycles. The Morgan fingerprint density at radius 3 is 2.82 bits per heavy atom. The highest BCUT2D eigenvalue weighted by Crippen LogP contribution is 1.87. The first-order valence-corrected chi connectivity index (χ1v) is 3.82. The number of rotatable bonds is 5. The Kier molecular flexibility index (Phi) is 5.25. The van der Waals surface area contributed by atoms with E-state index in [0.29, 0.717) is 0 Å². The van der Waals surface area contributed by atoms with Crippen LogP contribution in [0.2, 0.25) is 0 Å². The largest absolute Gasteiger partial charge is 0.480 e. The van der Waals surface area contributed by atoms with E-state index in [2.05, 4.69) is 12.2 Å². The lowest BCUT2D eigenvalue weighted by atomic mass is 10.3. The molecule has 0 saturated carbocycles. The number of carboxylic acid groups (broad SMARTS) is 1. The van der Waals surface area contributed by atoms with Gasteiger partial charge in [0.1, 0.15) is 6.04 Å². The van der Waals surface area contributed by atoms with Gasteiger partial charge in [0.2, 0.25) is 0 Å². The lowest BCUT2D eigenvalue weighted by Gasteiger charge is -2.04. The third-order valence-corrected chi connectivity index (χ3v) is 1.29. The van der Waals surface area contributed by atoms with Gasteiger partial charge in [-0.2, -0.15) is 0 Å². The van der Waals surface area contributed by atoms with Gasteiger partial charge in [-0.15, -0.1) is 0 Å². The predicted molar refractivity (Wildman–Crippen MR) is 44.3 cm³/mol. The van der Waals surface area contributed by atoms with Gasteiger partial charge in [0.15, 0.2) is 0 Å². The van der Waals surface area contributed by atoms with Crippen LogP contribution in [-0.4, -0.2) is 17.1 Å². The van der Waals surface area contributed by atoms with E-state index in [1.165, 1.54) is 0 Å². The molecule has 0 spiro atoms. The molecule has 0 aliphatic carbocycles. The predicted octanol–water partition coefficient (Wildman–Crippen LogP) is 1.36. The summed E-state index contributed by atoms with van der Waals surface area (Å²) in [5.74, 6) is -0.828. The molecule has 3 heteroatoms. The number of allylic oxidation sites excluding steroid dienone is 1. The van der Waals surface area contributed by atoms with E-state index in [4.69, 9.17) is 5.11 Å². The van der Waals surface area contributed by atoms with Crippen molar-refractivity contribution in [2.24, 2.45) is 0 Å². The van der Waals surface area contributed by atoms with E-state index in [1.807, 2.05) is 6.08 Å². The average molecular weight is 157 g/mol. The Balaban J connectivity index is 3.44. The van der Waals surface area contributed by atoms with Gasteiger partial charge >= 0.3 is 5.97 Å². The summed E-state index contributed by atoms with van der Waals surface area (Å²) in [7, 11) is 0. The molecule has 0 fully saturated rings. The number of aliphatic carboxylic acids is 1. The molecule has 3 nitrogen and oxygen atoms in total. The molecular weight excluding hydrogens is 142 g/mol. The van der Waals surface area contributed by atoms with Crippen molar-refractivity contribution in [3.8, 4) is 0 Å². The molecule has 0 aliphatic rings. The van der Waals surface area contributed by atoms with Gasteiger partial charge in [0.25, 0.3) is 0 Å². The number of nitrogens with one attached hydrogen (secondary N) is 1. The second-order valence-electron chi connectivity index (χ2n) is 2.42. The smallest absolute Gasteiger partial charge is 0.325 e. The van der Waals surface area contributed by atoms with Crippen molar-refractivity contribution in [1.82, 2.24) is 5.32 Å². The van der Waals surface area contributed by atoms with Crippen LogP contribution in [0, 0.1) is 0 Å². The van der Waals surface area contributed by atoms with Crippen LogP contribution >= 0.6 is 0 Å². The maximum atomic E-state index is 10.3. The normalized spacial score (nSPS) is 13.3. The Morgan fingerprint density at radius 1 is 1.73 bits per heavy atom. The Bertz CT molecular complexity index is 143. The standard InChI is InChI=1S/C8H15NO2/c1-3-4-5-6-9-7(2)8(10)11/h5-7,9H,3-4H2,1-2H3,(H,10,11)/t7-/m0/s1. The molecule has 0 heterocycles. The minimum atomic E-state index is -0.828. The van der Waals surface area contributed by atoms with Crippen molar-refractivity contribution < 1.29 is 9.90 Å². The van der Waals surface area contributed by atoms with Crippen molar-refractivity contribution in [3.05, 3.63) is 12.3 Å². The summed E-state index contributed by atoms with van der Waals surface area (Å²) in [6.07, 6.45) is 5.70. The van der Waals surface area contributed by atoms with Crippen LogP contribution in [0.15, 0.2) is 12.3 Å². The lowest BCUT2D eigenvalue weighted by Crippen LogP contribution is -2.29. The third-order valence-electron chi connectivity index (χ3n) is 1.29. The summed E-state index contributed by atoms with van der Waals surface area (Å²) in [5.41, 5.74) is 0. The van der Waals surface area contributed by atoms with Crippen LogP contribution in [0.5, 0.6) is 0 Å². The molecule has 11 heavy (non-hydrogen) atoms. The fraction of sp³-hybridized carbons (Fsp3) is 0.625. The Hall–Kier alpha value is -0.990. The van der Waals surface area contributed by atoms with E-state index in [-0.39, 0.29) is 0 Å². The zero-order valence-electron chi connectivity index (χ0n) is 7.00. The molecule has 0 aromatic heterocycles. The second kappa shape index (κ2) is 5.77. The Labute approximate surface area is 67.1 Å². The van der Waals surface area contributed by atoms with Crippen molar-refractivity contribution in [3.63, 3.8) is 0 Å². The molecule has 2 N–H and O–H groups in total. The molecule has 0 aliphatic heterocycles. The SMILES string of the molecule is CCCC=CN[C@@H](C)C(=O)O. The molecule has 0 amide bonds. The highest BCUT2D eigenvalue weighted by molar-refractivity contribution is 5.72. The summed E-state index contributed by atoms with van der Waals surface area (Å²) in [6, 6.07) is -0.497. The average Bonchev–Trinajstić information content (AvgIpc) is 1.97. The van der Waals surface area contributed by atoms with Gasteiger partial charge in [-0.05, 0) is 19.5 Å². The van der Waals surface area contributed by atoms with E-state index >= 15 is 0 Å². The molecule has 0 aromatic rings. The summed E-state index contributed by atoms with van der Waals surface area (Å²) in [6.45, 7) is 3.68. The minimum absolute atomic E-state index is 0.497. The molecular formula is C8H15NO2. The number of hydrogen-bond donors (Lipinski definition) is 2. The summed E-state index contributed by atoms with van der Waals surface area (Å²) in [4.78, 5) is 10.3. The lowest BCUT2D eigenvalue weighted by molar-refractivity contribution is -0.138. The minimum Gasteiger partial charge on any atom is -0.480 e. The fourth-order valence-electron chi connectivity index (χ4n) is 0.534. The number of hydrogen-bond acceptors (Lipinski definition) is 2. The number of carbonyl (C=O) groups is 1. The third kappa shape index (κ3) is 5.45. The summed E-state index contributed by atoms with van der Waals surface area (Å²) < 4.78 is 0. The van der Waals surface area contributed by atoms with Crippen molar-refractivity contribution >= 4 is 5.97 Å². The Morgan fingerprint density at radius 2 is 2.36 bits per heavy atom. The summed E-state index contributed by atoms with van der Waals surface area (Å²) in [5, 5.41) is 11.2. The van der Waals surface area contributed by atoms with Gasteiger partial charge in [-0.3, -0.25) is 4.79 Å². The quantitative estimate of drug-likeness (QED) is 0.633. The van der Waals surface area contributed by atoms with Crippen LogP contribution in [0.25, 0.3) is 0 Å². The van der Waals surface area contributed by atoms with Crippen LogP contribution in [0.1, 0.15) is 26.7 Å². The highest BCUT2D eigenvalue weighted by atomic mass is 16.4. The molecule has 0 aromatic carbocycles. The maximum Gasteiger partial charge on any atom is 0.325 e. The number of unbranched alkanes of at least 4 members (excludes halogenated alkanes) is 1. The van der Waals surface area contributed by atoms with Gasteiger partial charge in [-0.1, -0.05) is 19.4 Å². The van der Waals surface area contributed by atoms with Crippen molar-refractivity contribution in [2.75, 3.05) is 0 Å². The molecule has 1 atom stereocenters. The zero-order valence-corrected chi connectivity index (χ0v) is 7.00. The molecule has 0 unspecified atom stereocenters. The first-order chi connectivity index (χ1) is 5.18. The molecule has 0 radical (unpaired) electrons. The topological polar surface area (TPSA) is 49.3 Å². The molecule has 64 valence electrons. The van der Waals surface area contributed by atoms with Crippen molar-refractivity contribution in [1.29, 1.82) is 0 Å². The number of carboxylic acids is 1. The van der Waals surface area contributed by atoms with Gasteiger partial charge in [-0.25, -0.2) is 0 Å². The summed E-state index contributed by atoms with van der Waals surface area (Å²) >= 11 is 0. The van der Waals surface area contributed by atoms with Crippen LogP contribution in [0.4, 0.5) is 0 Å². The second-order valence-corrected chi connectivity index (χ2v) is 2.42. The van der Waals surface area contributed by atoms with E-state index in [1.54, 1.807) is 13.1 Å². The molecule has 0 rings (SSSR count). The zero-order chi connectivity index (χ0) is 8.69. The first-order valence-electron chi connectivity index (χ1n) is 3.82. The van der Waals surface area contributed by atoms with E-state index in [0.717, 1.165) is 12.8 Å². The van der Waals surface area contributed by atoms with Crippen LogP contribution < -0.4 is 5.32 Å². The molecule has 0 bridgehead atoms. The van der Waals surface area contributed by atoms with Gasteiger partial charge in [0, 0.05) is 0 Å². The van der Waals surface area contributed by atoms with Crippen LogP contribution in [-0.2, 0) is 4.79 Å². The maximum absolute atomic E-state index is 10.3. The van der Waals surface area contributed by atoms with E-state index < -0.39 is 12.0 Å². The van der Waals surface area contributed by atoms with Crippen LogP contribution in [0.3, 0.4) is 0 Å². The van der Waals surface area contributed by atoms with Gasteiger partial charge in [0.05, 0.1) is 0 Å².